The zero-order chi connectivity index (χ0) is 12.8. The Morgan fingerprint density at radius 1 is 1.47 bits per heavy atom. The Morgan fingerprint density at radius 2 is 2.18 bits per heavy atom. The molecule has 0 fully saturated rings. The number of benzene rings is 1. The van der Waals surface area contributed by atoms with Gasteiger partial charge < -0.3 is 11.1 Å². The number of nitrogens with zero attached hydrogens (tertiary/aromatic N) is 1. The number of hydrogen-bond acceptors (Lipinski definition) is 4. The van der Waals surface area contributed by atoms with Crippen molar-refractivity contribution in [3.63, 3.8) is 0 Å². The third-order valence-electron chi connectivity index (χ3n) is 2.52. The normalized spacial score (nSPS) is 10.5. The molecule has 1 aromatic rings. The van der Waals surface area contributed by atoms with Crippen LogP contribution in [0.1, 0.15) is 26.7 Å². The van der Waals surface area contributed by atoms with E-state index in [-0.39, 0.29) is 5.69 Å². The van der Waals surface area contributed by atoms with Crippen LogP contribution in [0, 0.1) is 16.0 Å². The van der Waals surface area contributed by atoms with Crippen LogP contribution < -0.4 is 11.1 Å². The van der Waals surface area contributed by atoms with Crippen molar-refractivity contribution < 1.29 is 4.92 Å². The summed E-state index contributed by atoms with van der Waals surface area (Å²) in [6.45, 7) is 5.20. The number of nitrogens with two attached hydrogens (primary N) is 1. The van der Waals surface area contributed by atoms with Crippen LogP contribution in [0.2, 0.25) is 0 Å². The number of non-ortho nitro benzene ring substituents is 1. The highest BCUT2D eigenvalue weighted by Crippen LogP contribution is 2.24. The third kappa shape index (κ3) is 4.30. The first-order chi connectivity index (χ1) is 8.00. The van der Waals surface area contributed by atoms with Crippen LogP contribution in [0.25, 0.3) is 0 Å². The van der Waals surface area contributed by atoms with Crippen molar-refractivity contribution >= 4 is 17.1 Å². The van der Waals surface area contributed by atoms with E-state index in [1.807, 2.05) is 0 Å². The zero-order valence-corrected chi connectivity index (χ0v) is 10.3. The van der Waals surface area contributed by atoms with Crippen LogP contribution in [0.4, 0.5) is 17.1 Å². The van der Waals surface area contributed by atoms with Crippen LogP contribution >= 0.6 is 0 Å². The van der Waals surface area contributed by atoms with E-state index in [0.717, 1.165) is 25.1 Å². The number of anilines is 2. The van der Waals surface area contributed by atoms with Gasteiger partial charge in [0.1, 0.15) is 0 Å². The fourth-order valence-electron chi connectivity index (χ4n) is 1.56. The molecule has 0 aromatic heterocycles. The second-order valence-electron chi connectivity index (χ2n) is 4.49. The smallest absolute Gasteiger partial charge is 0.271 e. The van der Waals surface area contributed by atoms with Gasteiger partial charge in [-0.3, -0.25) is 10.1 Å². The number of nitro groups is 1. The Bertz CT molecular complexity index is 391. The number of nitrogen functional groups attached to an aromatic ring is 1. The first kappa shape index (κ1) is 13.3. The Morgan fingerprint density at radius 3 is 2.71 bits per heavy atom. The minimum Gasteiger partial charge on any atom is -0.397 e. The molecule has 17 heavy (non-hydrogen) atoms. The van der Waals surface area contributed by atoms with Crippen LogP contribution in [-0.4, -0.2) is 11.5 Å². The molecule has 0 saturated carbocycles. The third-order valence-corrected chi connectivity index (χ3v) is 2.52. The summed E-state index contributed by atoms with van der Waals surface area (Å²) in [6.07, 6.45) is 2.22. The molecule has 0 radical (unpaired) electrons. The predicted molar refractivity (Wildman–Crippen MR) is 70.1 cm³/mol. The first-order valence-electron chi connectivity index (χ1n) is 5.78. The van der Waals surface area contributed by atoms with E-state index in [9.17, 15) is 10.1 Å². The molecule has 5 nitrogen and oxygen atoms in total. The minimum atomic E-state index is -0.446. The van der Waals surface area contributed by atoms with Gasteiger partial charge in [-0.1, -0.05) is 13.8 Å². The molecule has 3 N–H and O–H groups in total. The molecular formula is C12H19N3O2. The van der Waals surface area contributed by atoms with Crippen LogP contribution in [-0.2, 0) is 0 Å². The lowest BCUT2D eigenvalue weighted by molar-refractivity contribution is -0.384. The van der Waals surface area contributed by atoms with Crippen molar-refractivity contribution in [3.05, 3.63) is 28.3 Å². The molecule has 1 rings (SSSR count). The topological polar surface area (TPSA) is 81.2 Å². The van der Waals surface area contributed by atoms with E-state index in [4.69, 9.17) is 5.73 Å². The largest absolute Gasteiger partial charge is 0.397 e. The minimum absolute atomic E-state index is 0.0234. The van der Waals surface area contributed by atoms with Gasteiger partial charge in [-0.15, -0.1) is 0 Å². The Labute approximate surface area is 101 Å². The summed E-state index contributed by atoms with van der Waals surface area (Å²) >= 11 is 0. The lowest BCUT2D eigenvalue weighted by Gasteiger charge is -2.09. The summed E-state index contributed by atoms with van der Waals surface area (Å²) < 4.78 is 0. The number of nitro benzene ring substituents is 1. The van der Waals surface area contributed by atoms with E-state index in [1.165, 1.54) is 12.1 Å². The van der Waals surface area contributed by atoms with Crippen molar-refractivity contribution in [2.75, 3.05) is 17.6 Å². The molecule has 0 aliphatic rings. The summed E-state index contributed by atoms with van der Waals surface area (Å²) in [4.78, 5) is 10.1. The molecule has 0 atom stereocenters. The van der Waals surface area contributed by atoms with Gasteiger partial charge in [0.05, 0.1) is 16.3 Å². The van der Waals surface area contributed by atoms with Crippen LogP contribution in [0.5, 0.6) is 0 Å². The number of nitrogens with one attached hydrogen (secondary N) is 1. The Balaban J connectivity index is 2.52. The first-order valence-corrected chi connectivity index (χ1v) is 5.78. The van der Waals surface area contributed by atoms with E-state index in [1.54, 1.807) is 6.07 Å². The fraction of sp³-hybridized carbons (Fsp3) is 0.500. The molecule has 0 spiro atoms. The van der Waals surface area contributed by atoms with Crippen molar-refractivity contribution in [2.45, 2.75) is 26.7 Å². The maximum absolute atomic E-state index is 10.5. The molecule has 0 heterocycles. The standard InChI is InChI=1S/C12H19N3O2/c1-9(2)4-3-7-14-12-6-5-10(15(16)17)8-11(12)13/h5-6,8-9,14H,3-4,7,13H2,1-2H3. The maximum atomic E-state index is 10.5. The molecule has 94 valence electrons. The van der Waals surface area contributed by atoms with Crippen LogP contribution in [0.15, 0.2) is 18.2 Å². The second-order valence-corrected chi connectivity index (χ2v) is 4.49. The van der Waals surface area contributed by atoms with Crippen molar-refractivity contribution in [3.8, 4) is 0 Å². The molecule has 0 saturated heterocycles. The number of hydrogen-bond donors (Lipinski definition) is 2. The van der Waals surface area contributed by atoms with E-state index >= 15 is 0 Å². The summed E-state index contributed by atoms with van der Waals surface area (Å²) in [5.41, 5.74) is 6.94. The monoisotopic (exact) mass is 237 g/mol. The predicted octanol–water partition coefficient (Wildman–Crippen LogP) is 3.03. The SMILES string of the molecule is CC(C)CCCNc1ccc([N+](=O)[O-])cc1N. The van der Waals surface area contributed by atoms with Crippen molar-refractivity contribution in [2.24, 2.45) is 5.92 Å². The van der Waals surface area contributed by atoms with Gasteiger partial charge in [0.25, 0.3) is 5.69 Å². The quantitative estimate of drug-likeness (QED) is 0.345. The van der Waals surface area contributed by atoms with Gasteiger partial charge >= 0.3 is 0 Å². The summed E-state index contributed by atoms with van der Waals surface area (Å²) in [5.74, 6) is 0.686. The highest BCUT2D eigenvalue weighted by atomic mass is 16.6. The van der Waals surface area contributed by atoms with Gasteiger partial charge in [-0.25, -0.2) is 0 Å². The second kappa shape index (κ2) is 6.08. The summed E-state index contributed by atoms with van der Waals surface area (Å²) in [7, 11) is 0. The number of rotatable bonds is 6. The van der Waals surface area contributed by atoms with E-state index in [0.29, 0.717) is 11.6 Å². The molecule has 0 bridgehead atoms. The Kier molecular flexibility index (Phi) is 4.75. The molecule has 0 aliphatic heterocycles. The average molecular weight is 237 g/mol. The summed E-state index contributed by atoms with van der Waals surface area (Å²) in [6, 6.07) is 4.49. The lowest BCUT2D eigenvalue weighted by Crippen LogP contribution is -2.05. The summed E-state index contributed by atoms with van der Waals surface area (Å²) in [5, 5.41) is 13.7. The molecule has 1 aromatic carbocycles. The zero-order valence-electron chi connectivity index (χ0n) is 10.3. The van der Waals surface area contributed by atoms with Crippen molar-refractivity contribution in [1.29, 1.82) is 0 Å². The highest BCUT2D eigenvalue weighted by molar-refractivity contribution is 5.69. The molecule has 0 unspecified atom stereocenters. The van der Waals surface area contributed by atoms with Gasteiger partial charge in [-0.05, 0) is 24.8 Å². The molecular weight excluding hydrogens is 218 g/mol. The average Bonchev–Trinajstić information content (AvgIpc) is 2.25. The highest BCUT2D eigenvalue weighted by Gasteiger charge is 2.08. The lowest BCUT2D eigenvalue weighted by atomic mass is 10.1. The van der Waals surface area contributed by atoms with Gasteiger partial charge in [-0.2, -0.15) is 0 Å². The molecule has 0 amide bonds. The van der Waals surface area contributed by atoms with E-state index < -0.39 is 4.92 Å². The van der Waals surface area contributed by atoms with Gasteiger partial charge in [0, 0.05) is 18.7 Å². The van der Waals surface area contributed by atoms with Gasteiger partial charge in [0.2, 0.25) is 0 Å². The Hall–Kier alpha value is -1.78. The maximum Gasteiger partial charge on any atom is 0.271 e. The molecule has 5 heteroatoms. The van der Waals surface area contributed by atoms with Gasteiger partial charge in [0.15, 0.2) is 0 Å². The van der Waals surface area contributed by atoms with Crippen LogP contribution in [0.3, 0.4) is 0 Å². The fourth-order valence-corrected chi connectivity index (χ4v) is 1.56. The molecule has 0 aliphatic carbocycles. The van der Waals surface area contributed by atoms with Crippen molar-refractivity contribution in [1.82, 2.24) is 0 Å². The van der Waals surface area contributed by atoms with E-state index in [2.05, 4.69) is 19.2 Å².